The average molecular weight is 543 g/mol. The van der Waals surface area contributed by atoms with Crippen LogP contribution in [0.1, 0.15) is 65.4 Å². The van der Waals surface area contributed by atoms with E-state index >= 15 is 0 Å². The molecule has 3 atom stereocenters. The van der Waals surface area contributed by atoms with Gasteiger partial charge in [0.15, 0.2) is 17.2 Å². The summed E-state index contributed by atoms with van der Waals surface area (Å²) in [6.07, 6.45) is 4.54. The Kier molecular flexibility index (Phi) is 7.53. The minimum absolute atomic E-state index is 0.0107. The van der Waals surface area contributed by atoms with Gasteiger partial charge in [0.1, 0.15) is 17.8 Å². The second kappa shape index (κ2) is 10.9. The first-order valence-corrected chi connectivity index (χ1v) is 13.4. The molecule has 2 aromatic rings. The topological polar surface area (TPSA) is 112 Å². The first-order chi connectivity index (χ1) is 18.7. The molecule has 39 heavy (non-hydrogen) atoms. The number of amides is 2. The molecule has 3 aliphatic rings. The maximum atomic E-state index is 14.0. The fraction of sp³-hybridized carbons (Fsp3) is 0.500. The van der Waals surface area contributed by atoms with E-state index in [9.17, 15) is 33.1 Å². The van der Waals surface area contributed by atoms with E-state index in [4.69, 9.17) is 0 Å². The van der Waals surface area contributed by atoms with Crippen LogP contribution in [0.3, 0.4) is 0 Å². The van der Waals surface area contributed by atoms with E-state index in [1.165, 1.54) is 23.8 Å². The first kappa shape index (κ1) is 27.0. The van der Waals surface area contributed by atoms with Gasteiger partial charge in [-0.1, -0.05) is 18.9 Å². The van der Waals surface area contributed by atoms with Crippen molar-refractivity contribution in [1.29, 1.82) is 0 Å². The highest BCUT2D eigenvalue weighted by atomic mass is 19.1. The Morgan fingerprint density at radius 2 is 1.90 bits per heavy atom. The van der Waals surface area contributed by atoms with Gasteiger partial charge >= 0.3 is 0 Å². The number of pyridine rings is 1. The van der Waals surface area contributed by atoms with Crippen LogP contribution in [0.4, 0.5) is 8.78 Å². The first-order valence-electron chi connectivity index (χ1n) is 13.4. The second-order valence-corrected chi connectivity index (χ2v) is 10.7. The number of benzene rings is 1. The summed E-state index contributed by atoms with van der Waals surface area (Å²) in [6.45, 7) is 3.38. The molecule has 2 aliphatic heterocycles. The smallest absolute Gasteiger partial charge is 0.276 e. The number of halogens is 2. The Balaban J connectivity index is 1.44. The number of aromatic nitrogens is 1. The number of aryl methyl sites for hydroxylation is 1. The molecule has 2 N–H and O–H groups in total. The maximum absolute atomic E-state index is 14.0. The molecule has 5 rings (SSSR count). The standard InChI is InChI=1S/C28H32F2N4O5/c1-16(35)31-10-11-32-13-18-4-2-3-5-22(18)34-24(32)15-33-14-20(26(37)27(38)25(33)28(34)39)23(36)9-7-17-6-8-19(29)12-21(17)30/h6,8,12,14,18,22,24,38H,2-5,7,9-11,13,15H2,1H3,(H,31,35)/t18-,22-,24-/m0/s1. The summed E-state index contributed by atoms with van der Waals surface area (Å²) in [6, 6.07) is 3.07. The monoisotopic (exact) mass is 542 g/mol. The lowest BCUT2D eigenvalue weighted by molar-refractivity contribution is -0.119. The average Bonchev–Trinajstić information content (AvgIpc) is 2.89. The minimum Gasteiger partial charge on any atom is -0.503 e. The third kappa shape index (κ3) is 5.19. The van der Waals surface area contributed by atoms with Gasteiger partial charge in [0.25, 0.3) is 5.91 Å². The molecule has 1 saturated carbocycles. The Morgan fingerprint density at radius 3 is 2.64 bits per heavy atom. The normalized spacial score (nSPS) is 22.6. The summed E-state index contributed by atoms with van der Waals surface area (Å²) >= 11 is 0. The number of ketones is 1. The molecule has 1 aliphatic carbocycles. The summed E-state index contributed by atoms with van der Waals surface area (Å²) < 4.78 is 28.7. The van der Waals surface area contributed by atoms with Crippen LogP contribution in [0.15, 0.2) is 29.2 Å². The number of rotatable bonds is 7. The summed E-state index contributed by atoms with van der Waals surface area (Å²) in [4.78, 5) is 55.2. The molecule has 2 fully saturated rings. The Hall–Kier alpha value is -3.60. The molecular weight excluding hydrogens is 510 g/mol. The Labute approximate surface area is 224 Å². The van der Waals surface area contributed by atoms with Crippen LogP contribution in [-0.2, 0) is 17.8 Å². The van der Waals surface area contributed by atoms with E-state index in [1.54, 1.807) is 4.90 Å². The van der Waals surface area contributed by atoms with Crippen LogP contribution >= 0.6 is 0 Å². The Bertz CT molecular complexity index is 1380. The van der Waals surface area contributed by atoms with Gasteiger partial charge in [0.2, 0.25) is 11.3 Å². The van der Waals surface area contributed by atoms with Gasteiger partial charge in [-0.05, 0) is 36.8 Å². The van der Waals surface area contributed by atoms with E-state index in [2.05, 4.69) is 10.2 Å². The van der Waals surface area contributed by atoms with Crippen molar-refractivity contribution in [1.82, 2.24) is 19.7 Å². The molecule has 1 aromatic heterocycles. The van der Waals surface area contributed by atoms with E-state index < -0.39 is 34.5 Å². The number of hydrogen-bond acceptors (Lipinski definition) is 6. The highest BCUT2D eigenvalue weighted by Crippen LogP contribution is 2.39. The molecule has 0 spiro atoms. The molecule has 11 heteroatoms. The number of nitrogens with zero attached hydrogens (tertiary/aromatic N) is 3. The number of Topliss-reactive ketones (excluding diaryl/α,β-unsaturated/α-hetero) is 1. The zero-order chi connectivity index (χ0) is 27.8. The van der Waals surface area contributed by atoms with Gasteiger partial charge in [0, 0.05) is 51.3 Å². The number of nitrogens with one attached hydrogen (secondary N) is 1. The lowest BCUT2D eigenvalue weighted by atomic mass is 9.80. The molecule has 0 unspecified atom stereocenters. The number of carbonyl (C=O) groups is 3. The van der Waals surface area contributed by atoms with Gasteiger partial charge in [-0.2, -0.15) is 0 Å². The lowest BCUT2D eigenvalue weighted by Crippen LogP contribution is -2.68. The highest BCUT2D eigenvalue weighted by molar-refractivity contribution is 6.00. The van der Waals surface area contributed by atoms with Crippen molar-refractivity contribution in [2.75, 3.05) is 19.6 Å². The van der Waals surface area contributed by atoms with Crippen LogP contribution in [-0.4, -0.2) is 68.9 Å². The minimum atomic E-state index is -0.933. The number of aromatic hydroxyl groups is 1. The molecule has 0 bridgehead atoms. The van der Waals surface area contributed by atoms with Crippen molar-refractivity contribution in [3.8, 4) is 5.75 Å². The molecule has 9 nitrogen and oxygen atoms in total. The van der Waals surface area contributed by atoms with Gasteiger partial charge in [-0.25, -0.2) is 8.78 Å². The van der Waals surface area contributed by atoms with Gasteiger partial charge in [-0.15, -0.1) is 0 Å². The fourth-order valence-corrected chi connectivity index (χ4v) is 6.31. The summed E-state index contributed by atoms with van der Waals surface area (Å²) in [5.41, 5.74) is -1.21. The van der Waals surface area contributed by atoms with Crippen molar-refractivity contribution in [2.45, 2.75) is 64.2 Å². The van der Waals surface area contributed by atoms with Crippen molar-refractivity contribution < 1.29 is 28.3 Å². The number of carbonyl (C=O) groups excluding carboxylic acids is 3. The third-order valence-corrected chi connectivity index (χ3v) is 8.20. The molecule has 208 valence electrons. The third-order valence-electron chi connectivity index (χ3n) is 8.20. The summed E-state index contributed by atoms with van der Waals surface area (Å²) in [5.74, 6) is -3.22. The van der Waals surface area contributed by atoms with E-state index in [0.29, 0.717) is 13.1 Å². The largest absolute Gasteiger partial charge is 0.503 e. The van der Waals surface area contributed by atoms with Crippen molar-refractivity contribution >= 4 is 17.6 Å². The van der Waals surface area contributed by atoms with Crippen molar-refractivity contribution in [3.05, 3.63) is 63.1 Å². The predicted molar refractivity (Wildman–Crippen MR) is 137 cm³/mol. The van der Waals surface area contributed by atoms with E-state index in [-0.39, 0.29) is 60.2 Å². The Morgan fingerprint density at radius 1 is 1.13 bits per heavy atom. The maximum Gasteiger partial charge on any atom is 0.276 e. The van der Waals surface area contributed by atoms with Crippen LogP contribution in [0, 0.1) is 17.6 Å². The van der Waals surface area contributed by atoms with Crippen molar-refractivity contribution in [3.63, 3.8) is 0 Å². The van der Waals surface area contributed by atoms with E-state index in [0.717, 1.165) is 44.4 Å². The SMILES string of the molecule is CC(=O)NCCN1C[C@@H]2CCCC[C@@H]2N2C(=O)c3c(O)c(=O)c(C(=O)CCc4ccc(F)cc4F)cn3C[C@@H]12. The number of fused-ring (bicyclic) bond motifs is 4. The summed E-state index contributed by atoms with van der Waals surface area (Å²) in [5, 5.41) is 13.7. The quantitative estimate of drug-likeness (QED) is 0.520. The zero-order valence-electron chi connectivity index (χ0n) is 21.8. The molecule has 0 radical (unpaired) electrons. The predicted octanol–water partition coefficient (Wildman–Crippen LogP) is 2.44. The van der Waals surface area contributed by atoms with Crippen LogP contribution in [0.2, 0.25) is 0 Å². The number of hydrogen-bond donors (Lipinski definition) is 2. The summed E-state index contributed by atoms with van der Waals surface area (Å²) in [7, 11) is 0. The molecule has 3 heterocycles. The molecule has 2 amide bonds. The van der Waals surface area contributed by atoms with Crippen LogP contribution in [0.5, 0.6) is 5.75 Å². The molecule has 1 saturated heterocycles. The molecule has 1 aromatic carbocycles. The zero-order valence-corrected chi connectivity index (χ0v) is 21.8. The highest BCUT2D eigenvalue weighted by Gasteiger charge is 2.48. The fourth-order valence-electron chi connectivity index (χ4n) is 6.31. The molecular formula is C28H32F2N4O5. The van der Waals surface area contributed by atoms with Crippen molar-refractivity contribution in [2.24, 2.45) is 5.92 Å². The van der Waals surface area contributed by atoms with Gasteiger partial charge in [-0.3, -0.25) is 24.1 Å². The van der Waals surface area contributed by atoms with E-state index in [1.807, 2.05) is 0 Å². The lowest BCUT2D eigenvalue weighted by Gasteiger charge is -2.55. The van der Waals surface area contributed by atoms with Gasteiger partial charge < -0.3 is 19.9 Å². The van der Waals surface area contributed by atoms with Crippen LogP contribution in [0.25, 0.3) is 0 Å². The van der Waals surface area contributed by atoms with Crippen LogP contribution < -0.4 is 10.7 Å². The van der Waals surface area contributed by atoms with Gasteiger partial charge in [0.05, 0.1) is 12.1 Å². The second-order valence-electron chi connectivity index (χ2n) is 10.7.